The monoisotopic (exact) mass is 446 g/mol. The molecule has 0 saturated carbocycles. The third kappa shape index (κ3) is 4.24. The lowest BCUT2D eigenvalue weighted by Gasteiger charge is -2.27. The van der Waals surface area contributed by atoms with Crippen LogP contribution in [0.1, 0.15) is 28.3 Å². The standard InChI is InChI=1S/C23H24Cl2N2O3/c1-13-5-6-14(2)16(11-13)21(28)19-20(15-7-8-17(24)18(25)12-15)27(10-9-26(3)4)23(30)22(19)29/h5-8,11-12,20,28H,9-10H2,1-4H3/b21-19+. The molecule has 0 bridgehead atoms. The van der Waals surface area contributed by atoms with Crippen LogP contribution in [0, 0.1) is 13.8 Å². The van der Waals surface area contributed by atoms with E-state index in [0.29, 0.717) is 34.3 Å². The maximum Gasteiger partial charge on any atom is 0.295 e. The van der Waals surface area contributed by atoms with E-state index < -0.39 is 17.7 Å². The molecule has 0 aromatic heterocycles. The molecular formula is C23H24Cl2N2O3. The van der Waals surface area contributed by atoms with E-state index in [1.54, 1.807) is 18.2 Å². The summed E-state index contributed by atoms with van der Waals surface area (Å²) in [5, 5.41) is 11.9. The zero-order valence-corrected chi connectivity index (χ0v) is 18.9. The van der Waals surface area contributed by atoms with Gasteiger partial charge in [-0.25, -0.2) is 0 Å². The summed E-state index contributed by atoms with van der Waals surface area (Å²) < 4.78 is 0. The van der Waals surface area contributed by atoms with Crippen molar-refractivity contribution >= 4 is 40.7 Å². The summed E-state index contributed by atoms with van der Waals surface area (Å²) in [4.78, 5) is 29.3. The molecule has 158 valence electrons. The van der Waals surface area contributed by atoms with Crippen LogP contribution >= 0.6 is 23.2 Å². The van der Waals surface area contributed by atoms with Crippen molar-refractivity contribution < 1.29 is 14.7 Å². The summed E-state index contributed by atoms with van der Waals surface area (Å²) in [5.41, 5.74) is 2.96. The highest BCUT2D eigenvalue weighted by molar-refractivity contribution is 6.47. The number of hydrogen-bond acceptors (Lipinski definition) is 4. The molecule has 0 radical (unpaired) electrons. The van der Waals surface area contributed by atoms with Crippen molar-refractivity contribution in [3.8, 4) is 0 Å². The first kappa shape index (κ1) is 22.3. The SMILES string of the molecule is Cc1ccc(C)c(/C(O)=C2\C(=O)C(=O)N(CCN(C)C)C2c2ccc(Cl)c(Cl)c2)c1. The number of carbonyl (C=O) groups is 2. The Kier molecular flexibility index (Phi) is 6.56. The number of carbonyl (C=O) groups excluding carboxylic acids is 2. The molecule has 0 spiro atoms. The Morgan fingerprint density at radius 2 is 1.77 bits per heavy atom. The van der Waals surface area contributed by atoms with E-state index in [4.69, 9.17) is 23.2 Å². The predicted octanol–water partition coefficient (Wildman–Crippen LogP) is 4.59. The number of halogens is 2. The number of aryl methyl sites for hydroxylation is 2. The second-order valence-corrected chi connectivity index (χ2v) is 8.60. The number of Topliss-reactive ketones (excluding diaryl/α,β-unsaturated/α-hetero) is 1. The largest absolute Gasteiger partial charge is 0.507 e. The van der Waals surface area contributed by atoms with Gasteiger partial charge in [0.2, 0.25) is 0 Å². The van der Waals surface area contributed by atoms with Crippen LogP contribution < -0.4 is 0 Å². The lowest BCUT2D eigenvalue weighted by molar-refractivity contribution is -0.140. The quantitative estimate of drug-likeness (QED) is 0.414. The Labute approximate surface area is 186 Å². The molecule has 7 heteroatoms. The average Bonchev–Trinajstić information content (AvgIpc) is 2.94. The highest BCUT2D eigenvalue weighted by Gasteiger charge is 2.46. The number of benzene rings is 2. The summed E-state index contributed by atoms with van der Waals surface area (Å²) >= 11 is 12.3. The van der Waals surface area contributed by atoms with Gasteiger partial charge in [-0.3, -0.25) is 9.59 Å². The molecule has 2 aromatic rings. The summed E-state index contributed by atoms with van der Waals surface area (Å²) in [6, 6.07) is 9.86. The number of aliphatic hydroxyl groups excluding tert-OH is 1. The molecule has 0 aliphatic carbocycles. The smallest absolute Gasteiger partial charge is 0.295 e. The van der Waals surface area contributed by atoms with Crippen LogP contribution in [-0.4, -0.2) is 53.8 Å². The summed E-state index contributed by atoms with van der Waals surface area (Å²) in [7, 11) is 3.78. The molecule has 30 heavy (non-hydrogen) atoms. The number of likely N-dealkylation sites (N-methyl/N-ethyl adjacent to an activating group) is 1. The van der Waals surface area contributed by atoms with Crippen molar-refractivity contribution in [3.05, 3.63) is 74.3 Å². The minimum Gasteiger partial charge on any atom is -0.507 e. The molecule has 1 fully saturated rings. The fourth-order valence-electron chi connectivity index (χ4n) is 3.58. The molecular weight excluding hydrogens is 423 g/mol. The van der Waals surface area contributed by atoms with Gasteiger partial charge in [0.25, 0.3) is 11.7 Å². The Bertz CT molecular complexity index is 1050. The van der Waals surface area contributed by atoms with Crippen LogP contribution in [0.5, 0.6) is 0 Å². The number of amides is 1. The molecule has 1 unspecified atom stereocenters. The highest BCUT2D eigenvalue weighted by Crippen LogP contribution is 2.41. The highest BCUT2D eigenvalue weighted by atomic mass is 35.5. The number of rotatable bonds is 5. The second kappa shape index (κ2) is 8.80. The first-order valence-electron chi connectivity index (χ1n) is 9.57. The number of nitrogens with zero attached hydrogens (tertiary/aromatic N) is 2. The van der Waals surface area contributed by atoms with E-state index in [0.717, 1.165) is 11.1 Å². The van der Waals surface area contributed by atoms with Crippen LogP contribution in [0.3, 0.4) is 0 Å². The topological polar surface area (TPSA) is 60.9 Å². The minimum atomic E-state index is -0.750. The van der Waals surface area contributed by atoms with E-state index in [1.807, 2.05) is 51.0 Å². The maximum absolute atomic E-state index is 13.0. The molecule has 1 aliphatic rings. The number of aliphatic hydroxyl groups is 1. The third-order valence-electron chi connectivity index (χ3n) is 5.24. The van der Waals surface area contributed by atoms with Crippen LogP contribution in [0.4, 0.5) is 0 Å². The van der Waals surface area contributed by atoms with Crippen LogP contribution in [-0.2, 0) is 9.59 Å². The van der Waals surface area contributed by atoms with Gasteiger partial charge in [-0.15, -0.1) is 0 Å². The van der Waals surface area contributed by atoms with Gasteiger partial charge in [-0.05, 0) is 57.3 Å². The maximum atomic E-state index is 13.0. The lowest BCUT2D eigenvalue weighted by atomic mass is 9.93. The lowest BCUT2D eigenvalue weighted by Crippen LogP contribution is -2.35. The van der Waals surface area contributed by atoms with E-state index in [1.165, 1.54) is 4.90 Å². The van der Waals surface area contributed by atoms with Crippen molar-refractivity contribution in [1.82, 2.24) is 9.80 Å². The van der Waals surface area contributed by atoms with Gasteiger partial charge >= 0.3 is 0 Å². The van der Waals surface area contributed by atoms with Gasteiger partial charge in [0.15, 0.2) is 0 Å². The van der Waals surface area contributed by atoms with Crippen molar-refractivity contribution in [2.24, 2.45) is 0 Å². The average molecular weight is 447 g/mol. The Hall–Kier alpha value is -2.34. The van der Waals surface area contributed by atoms with Gasteiger partial charge in [-0.1, -0.05) is 47.0 Å². The first-order chi connectivity index (χ1) is 14.1. The number of ketones is 1. The molecule has 1 heterocycles. The third-order valence-corrected chi connectivity index (χ3v) is 5.97. The minimum absolute atomic E-state index is 0.0610. The molecule has 5 nitrogen and oxygen atoms in total. The van der Waals surface area contributed by atoms with E-state index in [9.17, 15) is 14.7 Å². The second-order valence-electron chi connectivity index (χ2n) is 7.79. The van der Waals surface area contributed by atoms with E-state index in [2.05, 4.69) is 0 Å². The van der Waals surface area contributed by atoms with E-state index in [-0.39, 0.29) is 11.3 Å². The Balaban J connectivity index is 2.22. The van der Waals surface area contributed by atoms with Crippen molar-refractivity contribution in [2.75, 3.05) is 27.2 Å². The van der Waals surface area contributed by atoms with Crippen LogP contribution in [0.2, 0.25) is 10.0 Å². The predicted molar refractivity (Wildman–Crippen MR) is 120 cm³/mol. The number of hydrogen-bond donors (Lipinski definition) is 1. The van der Waals surface area contributed by atoms with Crippen molar-refractivity contribution in [2.45, 2.75) is 19.9 Å². The van der Waals surface area contributed by atoms with E-state index >= 15 is 0 Å². The van der Waals surface area contributed by atoms with Crippen molar-refractivity contribution in [1.29, 1.82) is 0 Å². The molecule has 1 amide bonds. The molecule has 1 aliphatic heterocycles. The summed E-state index contributed by atoms with van der Waals surface area (Å²) in [6.45, 7) is 4.65. The van der Waals surface area contributed by atoms with Gasteiger partial charge in [0.1, 0.15) is 5.76 Å². The van der Waals surface area contributed by atoms with Crippen LogP contribution in [0.25, 0.3) is 5.76 Å². The van der Waals surface area contributed by atoms with Crippen LogP contribution in [0.15, 0.2) is 42.0 Å². The fourth-order valence-corrected chi connectivity index (χ4v) is 3.89. The number of likely N-dealkylation sites (tertiary alicyclic amines) is 1. The molecule has 2 aromatic carbocycles. The first-order valence-corrected chi connectivity index (χ1v) is 10.3. The zero-order chi connectivity index (χ0) is 22.2. The molecule has 1 saturated heterocycles. The molecule has 1 N–H and O–H groups in total. The summed E-state index contributed by atoms with van der Waals surface area (Å²) in [5.74, 6) is -1.53. The molecule has 3 rings (SSSR count). The summed E-state index contributed by atoms with van der Waals surface area (Å²) in [6.07, 6.45) is 0. The van der Waals surface area contributed by atoms with Gasteiger partial charge in [0, 0.05) is 18.7 Å². The van der Waals surface area contributed by atoms with Gasteiger partial charge < -0.3 is 14.9 Å². The zero-order valence-electron chi connectivity index (χ0n) is 17.4. The van der Waals surface area contributed by atoms with Crippen molar-refractivity contribution in [3.63, 3.8) is 0 Å². The van der Waals surface area contributed by atoms with Gasteiger partial charge in [-0.2, -0.15) is 0 Å². The van der Waals surface area contributed by atoms with Gasteiger partial charge in [0.05, 0.1) is 21.7 Å². The molecule has 1 atom stereocenters. The Morgan fingerprint density at radius 3 is 2.40 bits per heavy atom. The normalized spacial score (nSPS) is 18.5. The fraction of sp³-hybridized carbons (Fsp3) is 0.304. The Morgan fingerprint density at radius 1 is 1.07 bits per heavy atom.